The van der Waals surface area contributed by atoms with Crippen molar-refractivity contribution in [2.75, 3.05) is 32.2 Å². The zero-order chi connectivity index (χ0) is 24.7. The average Bonchev–Trinajstić information content (AvgIpc) is 2.85. The second-order valence-electron chi connectivity index (χ2n) is 7.77. The Kier molecular flexibility index (Phi) is 8.31. The maximum atomic E-state index is 13.6. The predicted molar refractivity (Wildman–Crippen MR) is 133 cm³/mol. The van der Waals surface area contributed by atoms with Gasteiger partial charge in [-0.2, -0.15) is 4.31 Å². The second-order valence-corrected chi connectivity index (χ2v) is 9.71. The number of likely N-dealkylation sites (N-methyl/N-ethyl adjacent to an activating group) is 1. The average molecular weight is 483 g/mol. The molecule has 8 heteroatoms. The fourth-order valence-corrected chi connectivity index (χ4v) is 4.93. The van der Waals surface area contributed by atoms with Crippen LogP contribution in [0.2, 0.25) is 0 Å². The van der Waals surface area contributed by atoms with Gasteiger partial charge < -0.3 is 14.4 Å². The molecular weight excluding hydrogens is 452 g/mol. The van der Waals surface area contributed by atoms with E-state index in [0.717, 1.165) is 5.56 Å². The third kappa shape index (κ3) is 5.95. The lowest BCUT2D eigenvalue weighted by Gasteiger charge is -2.25. The minimum Gasteiger partial charge on any atom is -0.497 e. The van der Waals surface area contributed by atoms with Crippen LogP contribution < -0.4 is 14.4 Å². The van der Waals surface area contributed by atoms with Gasteiger partial charge >= 0.3 is 0 Å². The number of aryl methyl sites for hydroxylation is 1. The lowest BCUT2D eigenvalue weighted by atomic mass is 10.2. The molecule has 0 heterocycles. The van der Waals surface area contributed by atoms with E-state index >= 15 is 0 Å². The number of hydrogen-bond donors (Lipinski definition) is 0. The quantitative estimate of drug-likeness (QED) is 0.432. The Bertz CT molecular complexity index is 1210. The highest BCUT2D eigenvalue weighted by Crippen LogP contribution is 2.26. The SMILES string of the molecule is CCOc1ccc(S(=O)(=O)N(CC(=O)N(C)c2ccc(OC)cc2)Cc2ccccc2)cc1C. The van der Waals surface area contributed by atoms with E-state index in [9.17, 15) is 13.2 Å². The summed E-state index contributed by atoms with van der Waals surface area (Å²) in [6.45, 7) is 3.91. The first kappa shape index (κ1) is 25.3. The first-order valence-corrected chi connectivity index (χ1v) is 12.4. The number of ether oxygens (including phenoxy) is 2. The second kappa shape index (κ2) is 11.2. The van der Waals surface area contributed by atoms with E-state index in [1.54, 1.807) is 57.5 Å². The number of amides is 1. The van der Waals surface area contributed by atoms with Crippen LogP contribution in [0.25, 0.3) is 0 Å². The molecule has 180 valence electrons. The van der Waals surface area contributed by atoms with Gasteiger partial charge in [-0.3, -0.25) is 4.79 Å². The Morgan fingerprint density at radius 3 is 2.24 bits per heavy atom. The fraction of sp³-hybridized carbons (Fsp3) is 0.269. The molecule has 7 nitrogen and oxygen atoms in total. The summed E-state index contributed by atoms with van der Waals surface area (Å²) in [7, 11) is -0.773. The summed E-state index contributed by atoms with van der Waals surface area (Å²) in [5, 5.41) is 0. The van der Waals surface area contributed by atoms with E-state index in [-0.39, 0.29) is 23.9 Å². The van der Waals surface area contributed by atoms with Crippen molar-refractivity contribution < 1.29 is 22.7 Å². The molecule has 3 aromatic rings. The van der Waals surface area contributed by atoms with E-state index in [4.69, 9.17) is 9.47 Å². The van der Waals surface area contributed by atoms with E-state index < -0.39 is 10.0 Å². The van der Waals surface area contributed by atoms with Crippen molar-refractivity contribution in [2.24, 2.45) is 0 Å². The summed E-state index contributed by atoms with van der Waals surface area (Å²) in [5.74, 6) is 0.947. The number of anilines is 1. The van der Waals surface area contributed by atoms with Gasteiger partial charge in [0.25, 0.3) is 0 Å². The van der Waals surface area contributed by atoms with Crippen molar-refractivity contribution >= 4 is 21.6 Å². The Labute approximate surface area is 201 Å². The molecular formula is C26H30N2O5S. The normalized spacial score (nSPS) is 11.3. The van der Waals surface area contributed by atoms with Crippen LogP contribution in [0, 0.1) is 6.92 Å². The van der Waals surface area contributed by atoms with E-state index in [1.165, 1.54) is 15.3 Å². The largest absolute Gasteiger partial charge is 0.497 e. The number of carbonyl (C=O) groups is 1. The van der Waals surface area contributed by atoms with Gasteiger partial charge in [0.2, 0.25) is 15.9 Å². The molecule has 0 N–H and O–H groups in total. The van der Waals surface area contributed by atoms with E-state index in [1.807, 2.05) is 37.3 Å². The number of methoxy groups -OCH3 is 1. The molecule has 0 radical (unpaired) electrons. The van der Waals surface area contributed by atoms with Crippen LogP contribution in [0.1, 0.15) is 18.1 Å². The summed E-state index contributed by atoms with van der Waals surface area (Å²) in [6.07, 6.45) is 0. The van der Waals surface area contributed by atoms with Gasteiger partial charge in [-0.25, -0.2) is 8.42 Å². The number of rotatable bonds is 10. The van der Waals surface area contributed by atoms with E-state index in [2.05, 4.69) is 0 Å². The number of carbonyl (C=O) groups excluding carboxylic acids is 1. The first-order valence-electron chi connectivity index (χ1n) is 10.9. The zero-order valence-corrected chi connectivity index (χ0v) is 20.7. The van der Waals surface area contributed by atoms with Crippen molar-refractivity contribution in [3.63, 3.8) is 0 Å². The standard InChI is InChI=1S/C26H30N2O5S/c1-5-33-25-16-15-24(17-20(25)2)34(30,31)28(18-21-9-7-6-8-10-21)19-26(29)27(3)22-11-13-23(32-4)14-12-22/h6-17H,5,18-19H2,1-4H3. The van der Waals surface area contributed by atoms with E-state index in [0.29, 0.717) is 29.4 Å². The maximum absolute atomic E-state index is 13.6. The third-order valence-electron chi connectivity index (χ3n) is 5.43. The summed E-state index contributed by atoms with van der Waals surface area (Å²) >= 11 is 0. The van der Waals surface area contributed by atoms with Crippen molar-refractivity contribution in [3.8, 4) is 11.5 Å². The number of sulfonamides is 1. The van der Waals surface area contributed by atoms with Gasteiger partial charge in [0.1, 0.15) is 11.5 Å². The van der Waals surface area contributed by atoms with Crippen molar-refractivity contribution in [1.82, 2.24) is 4.31 Å². The molecule has 0 aliphatic rings. The summed E-state index contributed by atoms with van der Waals surface area (Å²) < 4.78 is 39.2. The van der Waals surface area contributed by atoms with Gasteiger partial charge in [0.05, 0.1) is 25.2 Å². The van der Waals surface area contributed by atoms with Crippen LogP contribution in [-0.4, -0.2) is 45.9 Å². The molecule has 0 unspecified atom stereocenters. The molecule has 3 rings (SSSR count). The highest BCUT2D eigenvalue weighted by Gasteiger charge is 2.29. The Balaban J connectivity index is 1.91. The fourth-order valence-electron chi connectivity index (χ4n) is 3.47. The lowest BCUT2D eigenvalue weighted by Crippen LogP contribution is -2.41. The van der Waals surface area contributed by atoms with Crippen molar-refractivity contribution in [1.29, 1.82) is 0 Å². The summed E-state index contributed by atoms with van der Waals surface area (Å²) in [5.41, 5.74) is 2.14. The molecule has 3 aromatic carbocycles. The van der Waals surface area contributed by atoms with Gasteiger partial charge in [-0.15, -0.1) is 0 Å². The highest BCUT2D eigenvalue weighted by atomic mass is 32.2. The first-order chi connectivity index (χ1) is 16.3. The molecule has 0 fully saturated rings. The van der Waals surface area contributed by atoms with Crippen LogP contribution >= 0.6 is 0 Å². The molecule has 0 aliphatic heterocycles. The van der Waals surface area contributed by atoms with Crippen molar-refractivity contribution in [3.05, 3.63) is 83.9 Å². The molecule has 0 saturated heterocycles. The summed E-state index contributed by atoms with van der Waals surface area (Å²) in [6, 6.07) is 21.0. The van der Waals surface area contributed by atoms with Gasteiger partial charge in [-0.1, -0.05) is 30.3 Å². The Morgan fingerprint density at radius 1 is 0.971 bits per heavy atom. The van der Waals surface area contributed by atoms with Crippen LogP contribution in [-0.2, 0) is 21.4 Å². The number of nitrogens with zero attached hydrogens (tertiary/aromatic N) is 2. The zero-order valence-electron chi connectivity index (χ0n) is 19.9. The molecule has 0 atom stereocenters. The Morgan fingerprint density at radius 2 is 1.65 bits per heavy atom. The molecule has 0 saturated carbocycles. The molecule has 0 bridgehead atoms. The Hall–Kier alpha value is -3.36. The lowest BCUT2D eigenvalue weighted by molar-refractivity contribution is -0.118. The highest BCUT2D eigenvalue weighted by molar-refractivity contribution is 7.89. The van der Waals surface area contributed by atoms with Crippen LogP contribution in [0.5, 0.6) is 11.5 Å². The molecule has 1 amide bonds. The minimum atomic E-state index is -3.96. The number of hydrogen-bond acceptors (Lipinski definition) is 5. The van der Waals surface area contributed by atoms with Gasteiger partial charge in [0, 0.05) is 19.3 Å². The monoisotopic (exact) mass is 482 g/mol. The van der Waals surface area contributed by atoms with Crippen LogP contribution in [0.4, 0.5) is 5.69 Å². The topological polar surface area (TPSA) is 76.2 Å². The van der Waals surface area contributed by atoms with Crippen LogP contribution in [0.15, 0.2) is 77.7 Å². The minimum absolute atomic E-state index is 0.0671. The molecule has 0 spiro atoms. The van der Waals surface area contributed by atoms with Gasteiger partial charge in [-0.05, 0) is 67.4 Å². The third-order valence-corrected chi connectivity index (χ3v) is 7.22. The number of benzene rings is 3. The smallest absolute Gasteiger partial charge is 0.243 e. The molecule has 0 aromatic heterocycles. The summed E-state index contributed by atoms with van der Waals surface area (Å²) in [4.78, 5) is 14.7. The van der Waals surface area contributed by atoms with Gasteiger partial charge in [0.15, 0.2) is 0 Å². The maximum Gasteiger partial charge on any atom is 0.243 e. The van der Waals surface area contributed by atoms with Crippen LogP contribution in [0.3, 0.4) is 0 Å². The van der Waals surface area contributed by atoms with Crippen molar-refractivity contribution in [2.45, 2.75) is 25.3 Å². The molecule has 34 heavy (non-hydrogen) atoms. The molecule has 0 aliphatic carbocycles. The predicted octanol–water partition coefficient (Wildman–Crippen LogP) is 4.26.